The molecule has 5 rings (SSSR count). The van der Waals surface area contributed by atoms with Gasteiger partial charge >= 0.3 is 6.03 Å². The first-order chi connectivity index (χ1) is 15.6. The van der Waals surface area contributed by atoms with Crippen LogP contribution in [0.1, 0.15) is 23.3 Å². The predicted molar refractivity (Wildman–Crippen MR) is 114 cm³/mol. The molecule has 164 valence electrons. The van der Waals surface area contributed by atoms with Crippen molar-refractivity contribution in [2.45, 2.75) is 31.2 Å². The van der Waals surface area contributed by atoms with Crippen LogP contribution in [-0.4, -0.2) is 63.5 Å². The van der Waals surface area contributed by atoms with Gasteiger partial charge in [-0.1, -0.05) is 30.3 Å². The van der Waals surface area contributed by atoms with Gasteiger partial charge in [-0.3, -0.25) is 4.79 Å². The maximum absolute atomic E-state index is 12.5. The Morgan fingerprint density at radius 3 is 2.50 bits per heavy atom. The van der Waals surface area contributed by atoms with Crippen LogP contribution in [0.5, 0.6) is 0 Å². The van der Waals surface area contributed by atoms with Gasteiger partial charge in [0, 0.05) is 16.8 Å². The standard InChI is InChI=1S/C22H22N6O4/c1-13(29)14-7-9-16(10-8-14)23-22(30)24-17-11-31-20-18(12-32-19(17)20)28-21(25-26-27-28)15-5-3-2-4-6-15/h2-10,17-20H,11-12H2,1H3,(H2,23,24,30)/t17-,18-,19+,20+/m0/s1. The number of amides is 2. The number of ketones is 1. The Balaban J connectivity index is 1.24. The number of anilines is 1. The van der Waals surface area contributed by atoms with Crippen molar-refractivity contribution in [2.24, 2.45) is 0 Å². The summed E-state index contributed by atoms with van der Waals surface area (Å²) in [4.78, 5) is 23.9. The maximum Gasteiger partial charge on any atom is 0.319 e. The first kappa shape index (κ1) is 20.3. The second-order valence-corrected chi connectivity index (χ2v) is 7.81. The minimum absolute atomic E-state index is 0.0268. The number of Topliss-reactive ketones (excluding diaryl/α,β-unsaturated/α-hetero) is 1. The second kappa shape index (κ2) is 8.48. The van der Waals surface area contributed by atoms with E-state index in [1.54, 1.807) is 28.9 Å². The lowest BCUT2D eigenvalue weighted by Gasteiger charge is -2.18. The lowest BCUT2D eigenvalue weighted by atomic mass is 10.1. The van der Waals surface area contributed by atoms with Crippen molar-refractivity contribution in [1.82, 2.24) is 25.5 Å². The van der Waals surface area contributed by atoms with Gasteiger partial charge in [0.2, 0.25) is 0 Å². The highest BCUT2D eigenvalue weighted by molar-refractivity contribution is 5.95. The zero-order chi connectivity index (χ0) is 22.1. The number of tetrazole rings is 1. The van der Waals surface area contributed by atoms with Gasteiger partial charge in [-0.15, -0.1) is 5.10 Å². The first-order valence-electron chi connectivity index (χ1n) is 10.3. The van der Waals surface area contributed by atoms with Crippen molar-refractivity contribution in [3.63, 3.8) is 0 Å². The summed E-state index contributed by atoms with van der Waals surface area (Å²) in [7, 11) is 0. The molecule has 0 radical (unpaired) electrons. The molecule has 0 unspecified atom stereocenters. The van der Waals surface area contributed by atoms with E-state index in [9.17, 15) is 9.59 Å². The summed E-state index contributed by atoms with van der Waals surface area (Å²) in [5, 5.41) is 17.9. The van der Waals surface area contributed by atoms with E-state index in [2.05, 4.69) is 26.2 Å². The molecule has 0 aliphatic carbocycles. The normalized spacial score (nSPS) is 24.2. The Kier molecular flexibility index (Phi) is 5.38. The van der Waals surface area contributed by atoms with Crippen LogP contribution >= 0.6 is 0 Å². The minimum atomic E-state index is -0.366. The minimum Gasteiger partial charge on any atom is -0.371 e. The quantitative estimate of drug-likeness (QED) is 0.590. The molecule has 3 aromatic rings. The number of rotatable bonds is 5. The second-order valence-electron chi connectivity index (χ2n) is 7.81. The summed E-state index contributed by atoms with van der Waals surface area (Å²) < 4.78 is 13.7. The van der Waals surface area contributed by atoms with Crippen LogP contribution in [0, 0.1) is 0 Å². The summed E-state index contributed by atoms with van der Waals surface area (Å²) in [6, 6.07) is 15.6. The van der Waals surface area contributed by atoms with Gasteiger partial charge in [0.05, 0.1) is 19.3 Å². The topological polar surface area (TPSA) is 120 Å². The third kappa shape index (κ3) is 3.85. The zero-order valence-electron chi connectivity index (χ0n) is 17.3. The average Bonchev–Trinajstić information content (AvgIpc) is 3.52. The third-order valence-electron chi connectivity index (χ3n) is 5.73. The highest BCUT2D eigenvalue weighted by Gasteiger charge is 2.50. The summed E-state index contributed by atoms with van der Waals surface area (Å²) in [6.45, 7) is 2.20. The van der Waals surface area contributed by atoms with Crippen LogP contribution in [-0.2, 0) is 9.47 Å². The molecule has 3 heterocycles. The van der Waals surface area contributed by atoms with Crippen LogP contribution in [0.2, 0.25) is 0 Å². The molecule has 2 saturated heterocycles. The molecule has 10 nitrogen and oxygen atoms in total. The highest BCUT2D eigenvalue weighted by atomic mass is 16.6. The summed E-state index contributed by atoms with van der Waals surface area (Å²) in [5.41, 5.74) is 2.09. The summed E-state index contributed by atoms with van der Waals surface area (Å²) >= 11 is 0. The Morgan fingerprint density at radius 2 is 1.75 bits per heavy atom. The fourth-order valence-electron chi connectivity index (χ4n) is 4.13. The molecule has 2 aliphatic rings. The number of fused-ring (bicyclic) bond motifs is 1. The number of carbonyl (C=O) groups is 2. The van der Waals surface area contributed by atoms with Gasteiger partial charge in [0.25, 0.3) is 0 Å². The lowest BCUT2D eigenvalue weighted by Crippen LogP contribution is -2.45. The van der Waals surface area contributed by atoms with Crippen molar-refractivity contribution >= 4 is 17.5 Å². The van der Waals surface area contributed by atoms with Gasteiger partial charge in [0.15, 0.2) is 11.6 Å². The van der Waals surface area contributed by atoms with E-state index in [4.69, 9.17) is 9.47 Å². The van der Waals surface area contributed by atoms with E-state index in [0.29, 0.717) is 30.3 Å². The molecule has 32 heavy (non-hydrogen) atoms. The van der Waals surface area contributed by atoms with Crippen LogP contribution in [0.4, 0.5) is 10.5 Å². The molecule has 0 bridgehead atoms. The van der Waals surface area contributed by atoms with Crippen molar-refractivity contribution in [1.29, 1.82) is 0 Å². The predicted octanol–water partition coefficient (Wildman–Crippen LogP) is 2.07. The zero-order valence-corrected chi connectivity index (χ0v) is 17.3. The Bertz CT molecular complexity index is 1120. The van der Waals surface area contributed by atoms with Gasteiger partial charge in [-0.2, -0.15) is 0 Å². The van der Waals surface area contributed by atoms with Gasteiger partial charge < -0.3 is 20.1 Å². The SMILES string of the molecule is CC(=O)c1ccc(NC(=O)N[C@H]2CO[C@H]3[C@@H]2OC[C@@H]3n2nnnc2-c2ccccc2)cc1. The number of carbonyl (C=O) groups excluding carboxylic acids is 2. The molecule has 0 spiro atoms. The fraction of sp³-hybridized carbons (Fsp3) is 0.318. The van der Waals surface area contributed by atoms with E-state index < -0.39 is 0 Å². The Labute approximate surface area is 183 Å². The summed E-state index contributed by atoms with van der Waals surface area (Å²) in [5.74, 6) is 0.618. The first-order valence-corrected chi connectivity index (χ1v) is 10.3. The molecule has 2 N–H and O–H groups in total. The summed E-state index contributed by atoms with van der Waals surface area (Å²) in [6.07, 6.45) is -0.584. The van der Waals surface area contributed by atoms with Gasteiger partial charge in [-0.25, -0.2) is 9.48 Å². The molecule has 2 fully saturated rings. The molecule has 2 aromatic carbocycles. The Morgan fingerprint density at radius 1 is 1.00 bits per heavy atom. The van der Waals surface area contributed by atoms with E-state index in [0.717, 1.165) is 5.56 Å². The molecule has 10 heteroatoms. The van der Waals surface area contributed by atoms with Crippen LogP contribution < -0.4 is 10.6 Å². The number of nitrogens with one attached hydrogen (secondary N) is 2. The number of hydrogen-bond acceptors (Lipinski definition) is 7. The number of aromatic nitrogens is 4. The molecule has 4 atom stereocenters. The smallest absolute Gasteiger partial charge is 0.319 e. The largest absolute Gasteiger partial charge is 0.371 e. The van der Waals surface area contributed by atoms with Gasteiger partial charge in [0.1, 0.15) is 18.2 Å². The van der Waals surface area contributed by atoms with Crippen LogP contribution in [0.3, 0.4) is 0 Å². The van der Waals surface area contributed by atoms with Gasteiger partial charge in [-0.05, 0) is 41.6 Å². The molecule has 2 amide bonds. The number of benzene rings is 2. The van der Waals surface area contributed by atoms with E-state index >= 15 is 0 Å². The lowest BCUT2D eigenvalue weighted by molar-refractivity contribution is 0.0624. The van der Waals surface area contributed by atoms with Crippen molar-refractivity contribution in [2.75, 3.05) is 18.5 Å². The van der Waals surface area contributed by atoms with Crippen molar-refractivity contribution in [3.8, 4) is 11.4 Å². The molecule has 1 aromatic heterocycles. The number of nitrogens with zero attached hydrogens (tertiary/aromatic N) is 4. The monoisotopic (exact) mass is 434 g/mol. The number of urea groups is 1. The third-order valence-corrected chi connectivity index (χ3v) is 5.73. The fourth-order valence-corrected chi connectivity index (χ4v) is 4.13. The van der Waals surface area contributed by atoms with Crippen LogP contribution in [0.15, 0.2) is 54.6 Å². The highest BCUT2D eigenvalue weighted by Crippen LogP contribution is 2.35. The Hall–Kier alpha value is -3.63. The number of hydrogen-bond donors (Lipinski definition) is 2. The van der Waals surface area contributed by atoms with E-state index in [1.807, 2.05) is 30.3 Å². The average molecular weight is 434 g/mol. The van der Waals surface area contributed by atoms with E-state index in [1.165, 1.54) is 6.92 Å². The van der Waals surface area contributed by atoms with E-state index in [-0.39, 0.29) is 36.1 Å². The number of ether oxygens (including phenoxy) is 2. The van der Waals surface area contributed by atoms with Crippen molar-refractivity contribution < 1.29 is 19.1 Å². The molecule has 2 aliphatic heterocycles. The molecule has 0 saturated carbocycles. The maximum atomic E-state index is 12.5. The van der Waals surface area contributed by atoms with Crippen molar-refractivity contribution in [3.05, 3.63) is 60.2 Å². The molecular weight excluding hydrogens is 412 g/mol. The van der Waals surface area contributed by atoms with Crippen LogP contribution in [0.25, 0.3) is 11.4 Å². The molecular formula is C22H22N6O4.